The van der Waals surface area contributed by atoms with Gasteiger partial charge in [0.2, 0.25) is 11.8 Å². The number of imide groups is 2. The Morgan fingerprint density at radius 3 is 2.52 bits per heavy atom. The van der Waals surface area contributed by atoms with Crippen LogP contribution in [0.25, 0.3) is 0 Å². The van der Waals surface area contributed by atoms with Crippen LogP contribution in [0.1, 0.15) is 58.4 Å². The summed E-state index contributed by atoms with van der Waals surface area (Å²) in [4.78, 5) is 52.7. The lowest BCUT2D eigenvalue weighted by Crippen LogP contribution is -2.66. The molecule has 0 radical (unpaired) electrons. The number of hydrogen-bond acceptors (Lipinski definition) is 6. The van der Waals surface area contributed by atoms with Crippen molar-refractivity contribution in [3.63, 3.8) is 0 Å². The van der Waals surface area contributed by atoms with Gasteiger partial charge in [0.1, 0.15) is 6.04 Å². The number of nitrogens with one attached hydrogen (secondary N) is 1. The molecule has 4 amide bonds. The molecule has 0 bridgehead atoms. The lowest BCUT2D eigenvalue weighted by molar-refractivity contribution is -0.136. The third-order valence-electron chi connectivity index (χ3n) is 7.07. The van der Waals surface area contributed by atoms with Crippen molar-refractivity contribution in [2.75, 3.05) is 13.1 Å². The molecule has 1 spiro atoms. The maximum absolute atomic E-state index is 12.9. The molecule has 1 saturated carbocycles. The SMILES string of the molecule is NCC1CC2(CCN2Cc2ccc3c(c2)C(=O)N(C2CCC(=O)NC2=O)C3=O)C1. The molecule has 1 aromatic carbocycles. The van der Waals surface area contributed by atoms with Crippen LogP contribution in [0, 0.1) is 5.92 Å². The number of amides is 4. The average molecular weight is 396 g/mol. The van der Waals surface area contributed by atoms with E-state index < -0.39 is 23.8 Å². The van der Waals surface area contributed by atoms with Crippen molar-refractivity contribution in [1.82, 2.24) is 15.1 Å². The summed E-state index contributed by atoms with van der Waals surface area (Å²) in [6, 6.07) is 4.44. The second-order valence-corrected chi connectivity index (χ2v) is 8.73. The third-order valence-corrected chi connectivity index (χ3v) is 7.07. The minimum atomic E-state index is -0.926. The molecule has 1 unspecified atom stereocenters. The number of likely N-dealkylation sites (tertiary alicyclic amines) is 1. The predicted molar refractivity (Wildman–Crippen MR) is 103 cm³/mol. The van der Waals surface area contributed by atoms with Gasteiger partial charge in [-0.3, -0.25) is 34.3 Å². The third kappa shape index (κ3) is 2.73. The van der Waals surface area contributed by atoms with E-state index >= 15 is 0 Å². The van der Waals surface area contributed by atoms with Crippen LogP contribution in [0.5, 0.6) is 0 Å². The normalized spacial score (nSPS) is 31.6. The molecule has 1 aromatic rings. The van der Waals surface area contributed by atoms with Crippen LogP contribution in [-0.2, 0) is 16.1 Å². The van der Waals surface area contributed by atoms with Crippen molar-refractivity contribution in [2.24, 2.45) is 11.7 Å². The maximum Gasteiger partial charge on any atom is 0.262 e. The summed E-state index contributed by atoms with van der Waals surface area (Å²) in [6.07, 6.45) is 3.75. The zero-order chi connectivity index (χ0) is 20.3. The van der Waals surface area contributed by atoms with E-state index in [1.807, 2.05) is 6.07 Å². The molecule has 3 fully saturated rings. The van der Waals surface area contributed by atoms with Crippen molar-refractivity contribution in [3.05, 3.63) is 34.9 Å². The second-order valence-electron chi connectivity index (χ2n) is 8.73. The van der Waals surface area contributed by atoms with Crippen molar-refractivity contribution >= 4 is 23.6 Å². The molecule has 4 aliphatic rings. The van der Waals surface area contributed by atoms with Gasteiger partial charge in [-0.25, -0.2) is 0 Å². The van der Waals surface area contributed by atoms with Crippen LogP contribution >= 0.6 is 0 Å². The molecule has 5 rings (SSSR count). The van der Waals surface area contributed by atoms with Crippen LogP contribution < -0.4 is 11.1 Å². The number of rotatable bonds is 4. The van der Waals surface area contributed by atoms with Crippen molar-refractivity contribution < 1.29 is 19.2 Å². The number of nitrogens with two attached hydrogens (primary N) is 1. The van der Waals surface area contributed by atoms with Crippen molar-refractivity contribution in [2.45, 2.75) is 50.2 Å². The summed E-state index contributed by atoms with van der Waals surface area (Å²) in [7, 11) is 0. The minimum absolute atomic E-state index is 0.121. The van der Waals surface area contributed by atoms with Gasteiger partial charge < -0.3 is 5.73 Å². The van der Waals surface area contributed by atoms with Gasteiger partial charge in [0.15, 0.2) is 0 Å². The Morgan fingerprint density at radius 1 is 1.10 bits per heavy atom. The molecule has 8 nitrogen and oxygen atoms in total. The molecule has 3 N–H and O–H groups in total. The number of benzene rings is 1. The molecule has 2 saturated heterocycles. The van der Waals surface area contributed by atoms with Gasteiger partial charge in [-0.05, 0) is 55.8 Å². The first-order valence-corrected chi connectivity index (χ1v) is 10.2. The summed E-state index contributed by atoms with van der Waals surface area (Å²) >= 11 is 0. The Hall–Kier alpha value is -2.58. The van der Waals surface area contributed by atoms with E-state index in [4.69, 9.17) is 5.73 Å². The highest BCUT2D eigenvalue weighted by Gasteiger charge is 2.53. The Bertz CT molecular complexity index is 937. The van der Waals surface area contributed by atoms with Crippen LogP contribution in [0.4, 0.5) is 0 Å². The molecular weight excluding hydrogens is 372 g/mol. The highest BCUT2D eigenvalue weighted by Crippen LogP contribution is 2.50. The lowest BCUT2D eigenvalue weighted by Gasteiger charge is -2.62. The Labute approximate surface area is 168 Å². The molecule has 152 valence electrons. The first kappa shape index (κ1) is 18.4. The average Bonchev–Trinajstić information content (AvgIpc) is 2.89. The van der Waals surface area contributed by atoms with E-state index in [0.29, 0.717) is 17.0 Å². The van der Waals surface area contributed by atoms with Crippen LogP contribution in [0.2, 0.25) is 0 Å². The fourth-order valence-electron chi connectivity index (χ4n) is 5.31. The number of fused-ring (bicyclic) bond motifs is 1. The number of carbonyl (C=O) groups excluding carboxylic acids is 4. The van der Waals surface area contributed by atoms with Crippen molar-refractivity contribution in [1.29, 1.82) is 0 Å². The Kier molecular flexibility index (Phi) is 4.11. The number of nitrogens with zero attached hydrogens (tertiary/aromatic N) is 2. The van der Waals surface area contributed by atoms with Crippen LogP contribution in [-0.4, -0.2) is 58.1 Å². The van der Waals surface area contributed by atoms with E-state index in [1.54, 1.807) is 12.1 Å². The first-order valence-electron chi connectivity index (χ1n) is 10.2. The van der Waals surface area contributed by atoms with Gasteiger partial charge >= 0.3 is 0 Å². The highest BCUT2D eigenvalue weighted by molar-refractivity contribution is 6.23. The van der Waals surface area contributed by atoms with Crippen LogP contribution in [0.3, 0.4) is 0 Å². The largest absolute Gasteiger partial charge is 0.330 e. The predicted octanol–water partition coefficient (Wildman–Crippen LogP) is 0.401. The summed E-state index contributed by atoms with van der Waals surface area (Å²) in [5.41, 5.74) is 7.71. The monoisotopic (exact) mass is 396 g/mol. The summed E-state index contributed by atoms with van der Waals surface area (Å²) in [5.74, 6) is -1.26. The number of piperidine rings is 1. The van der Waals surface area contributed by atoms with Gasteiger partial charge in [0.25, 0.3) is 11.8 Å². The number of carbonyl (C=O) groups is 4. The lowest BCUT2D eigenvalue weighted by atomic mass is 9.61. The van der Waals surface area contributed by atoms with E-state index in [-0.39, 0.29) is 24.3 Å². The van der Waals surface area contributed by atoms with E-state index in [1.165, 1.54) is 6.42 Å². The van der Waals surface area contributed by atoms with E-state index in [2.05, 4.69) is 10.2 Å². The summed E-state index contributed by atoms with van der Waals surface area (Å²) in [5, 5.41) is 2.22. The molecule has 0 aromatic heterocycles. The Morgan fingerprint density at radius 2 is 1.86 bits per heavy atom. The standard InChI is InChI=1S/C21H24N4O4/c22-10-13-8-21(9-13)5-6-24(21)11-12-1-2-14-15(7-12)20(29)25(19(14)28)16-3-4-17(26)23-18(16)27/h1-2,7,13,16H,3-6,8-11,22H2,(H,23,26,27). The summed E-state index contributed by atoms with van der Waals surface area (Å²) < 4.78 is 0. The minimum Gasteiger partial charge on any atom is -0.330 e. The van der Waals surface area contributed by atoms with Gasteiger partial charge in [-0.15, -0.1) is 0 Å². The fourth-order valence-corrected chi connectivity index (χ4v) is 5.31. The van der Waals surface area contributed by atoms with Gasteiger partial charge in [0, 0.05) is 25.0 Å². The zero-order valence-corrected chi connectivity index (χ0v) is 16.1. The Balaban J connectivity index is 1.34. The number of hydrogen-bond donors (Lipinski definition) is 2. The highest BCUT2D eigenvalue weighted by atomic mass is 16.2. The van der Waals surface area contributed by atoms with E-state index in [0.717, 1.165) is 42.9 Å². The van der Waals surface area contributed by atoms with Crippen LogP contribution in [0.15, 0.2) is 18.2 Å². The molecular formula is C21H24N4O4. The quantitative estimate of drug-likeness (QED) is 0.713. The summed E-state index contributed by atoms with van der Waals surface area (Å²) in [6.45, 7) is 2.51. The van der Waals surface area contributed by atoms with Crippen molar-refractivity contribution in [3.8, 4) is 0 Å². The fraction of sp³-hybridized carbons (Fsp3) is 0.524. The molecule has 8 heteroatoms. The molecule has 3 heterocycles. The first-order chi connectivity index (χ1) is 13.9. The van der Waals surface area contributed by atoms with E-state index in [9.17, 15) is 19.2 Å². The zero-order valence-electron chi connectivity index (χ0n) is 16.1. The molecule has 1 atom stereocenters. The smallest absolute Gasteiger partial charge is 0.262 e. The van der Waals surface area contributed by atoms with Gasteiger partial charge in [-0.1, -0.05) is 6.07 Å². The molecule has 29 heavy (non-hydrogen) atoms. The second kappa shape index (κ2) is 6.47. The van der Waals surface area contributed by atoms with Gasteiger partial charge in [0.05, 0.1) is 11.1 Å². The molecule has 1 aliphatic carbocycles. The maximum atomic E-state index is 12.9. The van der Waals surface area contributed by atoms with Gasteiger partial charge in [-0.2, -0.15) is 0 Å². The molecule has 3 aliphatic heterocycles. The topological polar surface area (TPSA) is 113 Å².